The lowest BCUT2D eigenvalue weighted by Crippen LogP contribution is -2.33. The first kappa shape index (κ1) is 17.0. The van der Waals surface area contributed by atoms with Gasteiger partial charge in [0.05, 0.1) is 0 Å². The molecule has 1 aliphatic heterocycles. The first-order valence-corrected chi connectivity index (χ1v) is 9.05. The lowest BCUT2D eigenvalue weighted by Gasteiger charge is -2.23. The fraction of sp³-hybridized carbons (Fsp3) is 0.381. The molecule has 0 aliphatic carbocycles. The van der Waals surface area contributed by atoms with Crippen molar-refractivity contribution in [3.8, 4) is 0 Å². The van der Waals surface area contributed by atoms with E-state index in [0.717, 1.165) is 30.3 Å². The van der Waals surface area contributed by atoms with Gasteiger partial charge in [-0.3, -0.25) is 0 Å². The Labute approximate surface area is 150 Å². The zero-order valence-corrected chi connectivity index (χ0v) is 15.8. The smallest absolute Gasteiger partial charge is 0.173 e. The summed E-state index contributed by atoms with van der Waals surface area (Å²) in [7, 11) is 0. The van der Waals surface area contributed by atoms with Gasteiger partial charge in [0, 0.05) is 24.7 Å². The molecule has 2 aromatic rings. The summed E-state index contributed by atoms with van der Waals surface area (Å²) in [6.45, 7) is 10.6. The molecule has 3 heteroatoms. The van der Waals surface area contributed by atoms with Crippen LogP contribution in [0, 0.1) is 27.7 Å². The van der Waals surface area contributed by atoms with Gasteiger partial charge in [-0.15, -0.1) is 0 Å². The zero-order valence-electron chi connectivity index (χ0n) is 15.0. The molecule has 3 rings (SSSR count). The van der Waals surface area contributed by atoms with Crippen LogP contribution in [-0.2, 0) is 0 Å². The van der Waals surface area contributed by atoms with Crippen LogP contribution in [-0.4, -0.2) is 23.1 Å². The van der Waals surface area contributed by atoms with E-state index in [-0.39, 0.29) is 0 Å². The summed E-state index contributed by atoms with van der Waals surface area (Å²) in [5, 5.41) is 4.33. The first-order valence-electron chi connectivity index (χ1n) is 8.64. The summed E-state index contributed by atoms with van der Waals surface area (Å²) < 4.78 is 0. The summed E-state index contributed by atoms with van der Waals surface area (Å²) in [6, 6.07) is 13.3. The average Bonchev–Trinajstić information content (AvgIpc) is 3.01. The van der Waals surface area contributed by atoms with Crippen LogP contribution in [0.25, 0.3) is 0 Å². The molecule has 1 fully saturated rings. The molecule has 1 N–H and O–H groups in total. The van der Waals surface area contributed by atoms with Gasteiger partial charge in [-0.2, -0.15) is 0 Å². The second-order valence-corrected chi connectivity index (χ2v) is 7.43. The van der Waals surface area contributed by atoms with Crippen molar-refractivity contribution in [1.82, 2.24) is 4.90 Å². The van der Waals surface area contributed by atoms with Crippen molar-refractivity contribution < 1.29 is 0 Å². The number of rotatable bonds is 2. The lowest BCUT2D eigenvalue weighted by atomic mass is 9.98. The molecule has 1 atom stereocenters. The van der Waals surface area contributed by atoms with E-state index in [1.165, 1.54) is 27.8 Å². The number of benzene rings is 2. The van der Waals surface area contributed by atoms with Gasteiger partial charge in [-0.05, 0) is 63.0 Å². The van der Waals surface area contributed by atoms with Crippen molar-refractivity contribution in [3.05, 3.63) is 64.2 Å². The molecule has 1 heterocycles. The van der Waals surface area contributed by atoms with Crippen LogP contribution >= 0.6 is 12.2 Å². The largest absolute Gasteiger partial charge is 0.348 e. The molecule has 0 saturated carbocycles. The van der Waals surface area contributed by atoms with Gasteiger partial charge < -0.3 is 10.2 Å². The molecule has 2 nitrogen and oxygen atoms in total. The fourth-order valence-electron chi connectivity index (χ4n) is 3.62. The van der Waals surface area contributed by atoms with E-state index in [4.69, 9.17) is 12.2 Å². The fourth-order valence-corrected chi connectivity index (χ4v) is 3.89. The standard InChI is InChI=1S/C21H26N2S/c1-14-5-7-18(8-6-14)19-9-10-23(13-19)21(24)22-20-16(3)11-15(2)12-17(20)4/h5-8,11-12,19H,9-10,13H2,1-4H3,(H,22,24). The third kappa shape index (κ3) is 3.62. The Morgan fingerprint density at radius 3 is 2.25 bits per heavy atom. The number of hydrogen-bond acceptors (Lipinski definition) is 1. The molecule has 0 radical (unpaired) electrons. The topological polar surface area (TPSA) is 15.3 Å². The van der Waals surface area contributed by atoms with Crippen LogP contribution < -0.4 is 5.32 Å². The highest BCUT2D eigenvalue weighted by atomic mass is 32.1. The van der Waals surface area contributed by atoms with E-state index < -0.39 is 0 Å². The maximum atomic E-state index is 5.69. The van der Waals surface area contributed by atoms with Gasteiger partial charge in [0.2, 0.25) is 0 Å². The third-order valence-corrected chi connectivity index (χ3v) is 5.29. The summed E-state index contributed by atoms with van der Waals surface area (Å²) in [4.78, 5) is 2.30. The SMILES string of the molecule is Cc1ccc(C2CCN(C(=S)Nc3c(C)cc(C)cc3C)C2)cc1. The number of thiocarbonyl (C=S) groups is 1. The number of anilines is 1. The highest BCUT2D eigenvalue weighted by Crippen LogP contribution is 2.29. The Kier molecular flexibility index (Phi) is 4.91. The molecule has 0 bridgehead atoms. The Morgan fingerprint density at radius 1 is 1.00 bits per heavy atom. The third-order valence-electron chi connectivity index (χ3n) is 4.93. The second kappa shape index (κ2) is 6.94. The van der Waals surface area contributed by atoms with Crippen molar-refractivity contribution in [2.45, 2.75) is 40.0 Å². The van der Waals surface area contributed by atoms with Gasteiger partial charge in [0.1, 0.15) is 0 Å². The molecule has 1 saturated heterocycles. The maximum Gasteiger partial charge on any atom is 0.173 e. The van der Waals surface area contributed by atoms with Crippen LogP contribution in [0.5, 0.6) is 0 Å². The van der Waals surface area contributed by atoms with Gasteiger partial charge >= 0.3 is 0 Å². The van der Waals surface area contributed by atoms with Crippen LogP contribution in [0.4, 0.5) is 5.69 Å². The highest BCUT2D eigenvalue weighted by molar-refractivity contribution is 7.80. The number of aryl methyl sites for hydroxylation is 4. The zero-order chi connectivity index (χ0) is 17.3. The number of nitrogens with zero attached hydrogens (tertiary/aromatic N) is 1. The van der Waals surface area contributed by atoms with Gasteiger partial charge in [0.15, 0.2) is 5.11 Å². The normalized spacial score (nSPS) is 17.2. The molecule has 0 amide bonds. The minimum Gasteiger partial charge on any atom is -0.348 e. The van der Waals surface area contributed by atoms with Crippen molar-refractivity contribution >= 4 is 23.0 Å². The van der Waals surface area contributed by atoms with Gasteiger partial charge in [0.25, 0.3) is 0 Å². The van der Waals surface area contributed by atoms with Crippen LogP contribution in [0.1, 0.15) is 40.2 Å². The minimum atomic E-state index is 0.575. The van der Waals surface area contributed by atoms with Crippen LogP contribution in [0.15, 0.2) is 36.4 Å². The van der Waals surface area contributed by atoms with Crippen molar-refractivity contribution in [2.24, 2.45) is 0 Å². The van der Waals surface area contributed by atoms with E-state index >= 15 is 0 Å². The van der Waals surface area contributed by atoms with Gasteiger partial charge in [-0.25, -0.2) is 0 Å². The van der Waals surface area contributed by atoms with Crippen molar-refractivity contribution in [2.75, 3.05) is 18.4 Å². The monoisotopic (exact) mass is 338 g/mol. The molecule has 24 heavy (non-hydrogen) atoms. The molecular weight excluding hydrogens is 312 g/mol. The molecule has 0 aromatic heterocycles. The van der Waals surface area contributed by atoms with Crippen LogP contribution in [0.3, 0.4) is 0 Å². The Morgan fingerprint density at radius 2 is 1.62 bits per heavy atom. The van der Waals surface area contributed by atoms with E-state index in [2.05, 4.69) is 74.3 Å². The first-order chi connectivity index (χ1) is 11.4. The van der Waals surface area contributed by atoms with Gasteiger partial charge in [-0.1, -0.05) is 47.5 Å². The molecule has 1 unspecified atom stereocenters. The Hall–Kier alpha value is -1.87. The van der Waals surface area contributed by atoms with E-state index in [9.17, 15) is 0 Å². The summed E-state index contributed by atoms with van der Waals surface area (Å²) in [5.74, 6) is 0.575. The average molecular weight is 339 g/mol. The van der Waals surface area contributed by atoms with E-state index in [1.807, 2.05) is 0 Å². The van der Waals surface area contributed by atoms with Crippen molar-refractivity contribution in [1.29, 1.82) is 0 Å². The summed E-state index contributed by atoms with van der Waals surface area (Å²) in [5.41, 5.74) is 7.70. The van der Waals surface area contributed by atoms with E-state index in [0.29, 0.717) is 5.92 Å². The van der Waals surface area contributed by atoms with Crippen LogP contribution in [0.2, 0.25) is 0 Å². The molecule has 0 spiro atoms. The number of hydrogen-bond donors (Lipinski definition) is 1. The summed E-state index contributed by atoms with van der Waals surface area (Å²) >= 11 is 5.69. The molecule has 1 aliphatic rings. The lowest BCUT2D eigenvalue weighted by molar-refractivity contribution is 0.518. The van der Waals surface area contributed by atoms with Crippen molar-refractivity contribution in [3.63, 3.8) is 0 Å². The summed E-state index contributed by atoms with van der Waals surface area (Å²) in [6.07, 6.45) is 1.16. The predicted molar refractivity (Wildman–Crippen MR) is 107 cm³/mol. The quantitative estimate of drug-likeness (QED) is 0.766. The second-order valence-electron chi connectivity index (χ2n) is 7.05. The molecule has 126 valence electrons. The molecule has 2 aromatic carbocycles. The Balaban J connectivity index is 1.68. The van der Waals surface area contributed by atoms with E-state index in [1.54, 1.807) is 0 Å². The highest BCUT2D eigenvalue weighted by Gasteiger charge is 2.25. The number of nitrogens with one attached hydrogen (secondary N) is 1. The minimum absolute atomic E-state index is 0.575. The Bertz CT molecular complexity index is 726. The maximum absolute atomic E-state index is 5.69. The molecular formula is C21H26N2S. The number of likely N-dealkylation sites (tertiary alicyclic amines) is 1. The predicted octanol–water partition coefficient (Wildman–Crippen LogP) is 5.11.